The Morgan fingerprint density at radius 3 is 2.66 bits per heavy atom. The van der Waals surface area contributed by atoms with Gasteiger partial charge in [0.2, 0.25) is 5.16 Å². The van der Waals surface area contributed by atoms with Gasteiger partial charge in [0, 0.05) is 11.5 Å². The minimum Gasteiger partial charge on any atom is -0.493 e. The second-order valence-electron chi connectivity index (χ2n) is 6.91. The maximum absolute atomic E-state index is 6.14. The second kappa shape index (κ2) is 9.60. The van der Waals surface area contributed by atoms with Gasteiger partial charge in [0.05, 0.1) is 13.3 Å². The van der Waals surface area contributed by atoms with E-state index >= 15 is 0 Å². The zero-order chi connectivity index (χ0) is 20.8. The Bertz CT molecular complexity index is 998. The zero-order valence-electron chi connectivity index (χ0n) is 17.4. The Labute approximate surface area is 176 Å². The van der Waals surface area contributed by atoms with Gasteiger partial charge >= 0.3 is 0 Å². The van der Waals surface area contributed by atoms with Crippen molar-refractivity contribution in [1.82, 2.24) is 14.9 Å². The Balaban J connectivity index is 1.92. The number of hydrogen-bond donors (Lipinski definition) is 0. The SMILES string of the molecule is COc1cccc(/C=N\n2c(SC)nnc2C(C)C)c1OCc1cccc(C)c1. The zero-order valence-corrected chi connectivity index (χ0v) is 18.2. The fourth-order valence-corrected chi connectivity index (χ4v) is 3.34. The number of benzene rings is 2. The first kappa shape index (κ1) is 20.9. The Hall–Kier alpha value is -2.80. The normalized spacial score (nSPS) is 11.4. The van der Waals surface area contributed by atoms with Crippen LogP contribution in [0.15, 0.2) is 52.7 Å². The fraction of sp³-hybridized carbons (Fsp3) is 0.318. The predicted molar refractivity (Wildman–Crippen MR) is 117 cm³/mol. The first-order valence-electron chi connectivity index (χ1n) is 9.42. The van der Waals surface area contributed by atoms with Crippen molar-refractivity contribution in [3.8, 4) is 11.5 Å². The van der Waals surface area contributed by atoms with Gasteiger partial charge in [-0.3, -0.25) is 0 Å². The van der Waals surface area contributed by atoms with E-state index in [-0.39, 0.29) is 5.92 Å². The van der Waals surface area contributed by atoms with E-state index in [1.807, 2.05) is 36.6 Å². The third-order valence-electron chi connectivity index (χ3n) is 4.34. The van der Waals surface area contributed by atoms with Gasteiger partial charge in [0.15, 0.2) is 17.3 Å². The van der Waals surface area contributed by atoms with Crippen LogP contribution in [0.4, 0.5) is 0 Å². The average Bonchev–Trinajstić information content (AvgIpc) is 3.14. The van der Waals surface area contributed by atoms with Crippen LogP contribution in [0.2, 0.25) is 0 Å². The summed E-state index contributed by atoms with van der Waals surface area (Å²) in [5, 5.41) is 13.9. The summed E-state index contributed by atoms with van der Waals surface area (Å²) < 4.78 is 13.4. The quantitative estimate of drug-likeness (QED) is 0.390. The van der Waals surface area contributed by atoms with Crippen LogP contribution < -0.4 is 9.47 Å². The minimum absolute atomic E-state index is 0.211. The van der Waals surface area contributed by atoms with E-state index in [4.69, 9.17) is 9.47 Å². The molecule has 0 aliphatic rings. The van der Waals surface area contributed by atoms with Crippen molar-refractivity contribution in [1.29, 1.82) is 0 Å². The van der Waals surface area contributed by atoms with Crippen molar-refractivity contribution >= 4 is 18.0 Å². The highest BCUT2D eigenvalue weighted by Gasteiger charge is 2.15. The molecule has 0 spiro atoms. The number of nitrogens with zero attached hydrogens (tertiary/aromatic N) is 4. The van der Waals surface area contributed by atoms with Crippen molar-refractivity contribution in [2.45, 2.75) is 38.5 Å². The average molecular weight is 411 g/mol. The number of aromatic nitrogens is 3. The lowest BCUT2D eigenvalue weighted by Gasteiger charge is -2.13. The molecule has 29 heavy (non-hydrogen) atoms. The molecular formula is C22H26N4O2S. The highest BCUT2D eigenvalue weighted by molar-refractivity contribution is 7.98. The summed E-state index contributed by atoms with van der Waals surface area (Å²) in [6, 6.07) is 14.0. The molecular weight excluding hydrogens is 384 g/mol. The third-order valence-corrected chi connectivity index (χ3v) is 4.96. The van der Waals surface area contributed by atoms with E-state index in [0.717, 1.165) is 22.1 Å². The van der Waals surface area contributed by atoms with Crippen LogP contribution in [0.25, 0.3) is 0 Å². The molecule has 152 valence electrons. The number of aryl methyl sites for hydroxylation is 1. The molecule has 0 fully saturated rings. The molecule has 1 aromatic heterocycles. The Kier molecular flexibility index (Phi) is 6.93. The summed E-state index contributed by atoms with van der Waals surface area (Å²) in [6.45, 7) is 6.66. The van der Waals surface area contributed by atoms with Gasteiger partial charge in [-0.25, -0.2) is 0 Å². The van der Waals surface area contributed by atoms with Crippen molar-refractivity contribution in [2.75, 3.05) is 13.4 Å². The molecule has 3 rings (SSSR count). The van der Waals surface area contributed by atoms with Crippen LogP contribution in [0, 0.1) is 6.92 Å². The van der Waals surface area contributed by atoms with E-state index in [2.05, 4.69) is 48.2 Å². The van der Waals surface area contributed by atoms with Crippen LogP contribution in [0.1, 0.15) is 42.3 Å². The van der Waals surface area contributed by atoms with Crippen molar-refractivity contribution in [2.24, 2.45) is 5.10 Å². The lowest BCUT2D eigenvalue weighted by Crippen LogP contribution is -2.04. The molecule has 0 aliphatic carbocycles. The van der Waals surface area contributed by atoms with E-state index in [0.29, 0.717) is 18.1 Å². The van der Waals surface area contributed by atoms with E-state index in [1.54, 1.807) is 18.0 Å². The molecule has 0 N–H and O–H groups in total. The van der Waals surface area contributed by atoms with Crippen molar-refractivity contribution in [3.63, 3.8) is 0 Å². The molecule has 0 aliphatic heterocycles. The molecule has 3 aromatic rings. The standard InChI is InChI=1S/C22H26N4O2S/c1-15(2)21-24-25-22(29-5)26(21)23-13-18-10-7-11-19(27-4)20(18)28-14-17-9-6-8-16(3)12-17/h6-13,15H,14H2,1-5H3/b23-13-. The van der Waals surface area contributed by atoms with Crippen LogP contribution in [-0.4, -0.2) is 34.5 Å². The molecule has 0 radical (unpaired) electrons. The van der Waals surface area contributed by atoms with Gasteiger partial charge in [-0.05, 0) is 30.9 Å². The van der Waals surface area contributed by atoms with Gasteiger partial charge in [-0.15, -0.1) is 10.2 Å². The summed E-state index contributed by atoms with van der Waals surface area (Å²) in [5.74, 6) is 2.35. The first-order valence-corrected chi connectivity index (χ1v) is 10.6. The molecule has 0 unspecified atom stereocenters. The number of thioether (sulfide) groups is 1. The van der Waals surface area contributed by atoms with Crippen LogP contribution in [0.3, 0.4) is 0 Å². The second-order valence-corrected chi connectivity index (χ2v) is 7.69. The third kappa shape index (κ3) is 4.98. The summed E-state index contributed by atoms with van der Waals surface area (Å²) in [4.78, 5) is 0. The highest BCUT2D eigenvalue weighted by atomic mass is 32.2. The number of para-hydroxylation sites is 1. The maximum atomic E-state index is 6.14. The molecule has 0 amide bonds. The number of methoxy groups -OCH3 is 1. The number of ether oxygens (including phenoxy) is 2. The van der Waals surface area contributed by atoms with Crippen molar-refractivity contribution < 1.29 is 9.47 Å². The molecule has 7 heteroatoms. The summed E-state index contributed by atoms with van der Waals surface area (Å²) in [7, 11) is 1.64. The highest BCUT2D eigenvalue weighted by Crippen LogP contribution is 2.31. The van der Waals surface area contributed by atoms with E-state index in [1.165, 1.54) is 17.3 Å². The summed E-state index contributed by atoms with van der Waals surface area (Å²) in [5.41, 5.74) is 3.13. The Morgan fingerprint density at radius 2 is 1.97 bits per heavy atom. The fourth-order valence-electron chi connectivity index (χ4n) is 2.90. The van der Waals surface area contributed by atoms with Gasteiger partial charge in [0.1, 0.15) is 6.61 Å². The molecule has 0 saturated heterocycles. The van der Waals surface area contributed by atoms with Gasteiger partial charge in [-0.1, -0.05) is 61.5 Å². The topological polar surface area (TPSA) is 61.5 Å². The number of hydrogen-bond acceptors (Lipinski definition) is 6. The van der Waals surface area contributed by atoms with Gasteiger partial charge in [-0.2, -0.15) is 9.78 Å². The van der Waals surface area contributed by atoms with Crippen LogP contribution in [0.5, 0.6) is 11.5 Å². The maximum Gasteiger partial charge on any atom is 0.211 e. The largest absolute Gasteiger partial charge is 0.493 e. The monoisotopic (exact) mass is 410 g/mol. The molecule has 0 saturated carbocycles. The molecule has 2 aromatic carbocycles. The lowest BCUT2D eigenvalue weighted by atomic mass is 10.1. The van der Waals surface area contributed by atoms with Crippen molar-refractivity contribution in [3.05, 3.63) is 65.0 Å². The predicted octanol–water partition coefficient (Wildman–Crippen LogP) is 4.90. The number of rotatable bonds is 8. The van der Waals surface area contributed by atoms with Crippen LogP contribution >= 0.6 is 11.8 Å². The summed E-state index contributed by atoms with van der Waals surface area (Å²) in [6.07, 6.45) is 3.73. The van der Waals surface area contributed by atoms with Crippen LogP contribution in [-0.2, 0) is 6.61 Å². The minimum atomic E-state index is 0.211. The Morgan fingerprint density at radius 1 is 1.17 bits per heavy atom. The molecule has 6 nitrogen and oxygen atoms in total. The van der Waals surface area contributed by atoms with Gasteiger partial charge in [0.25, 0.3) is 0 Å². The molecule has 1 heterocycles. The van der Waals surface area contributed by atoms with E-state index < -0.39 is 0 Å². The lowest BCUT2D eigenvalue weighted by molar-refractivity contribution is 0.284. The van der Waals surface area contributed by atoms with E-state index in [9.17, 15) is 0 Å². The smallest absolute Gasteiger partial charge is 0.211 e. The molecule has 0 atom stereocenters. The summed E-state index contributed by atoms with van der Waals surface area (Å²) >= 11 is 1.51. The molecule has 0 bridgehead atoms. The first-order chi connectivity index (χ1) is 14.0. The van der Waals surface area contributed by atoms with Gasteiger partial charge < -0.3 is 9.47 Å².